The van der Waals surface area contributed by atoms with E-state index < -0.39 is 46.4 Å². The second kappa shape index (κ2) is 8.27. The smallest absolute Gasteiger partial charge is 0.368 e. The molecule has 2 heterocycles. The predicted octanol–water partition coefficient (Wildman–Crippen LogP) is 3.07. The van der Waals surface area contributed by atoms with Crippen LogP contribution in [0.5, 0.6) is 0 Å². The van der Waals surface area contributed by atoms with Crippen molar-refractivity contribution in [2.45, 2.75) is 32.1 Å². The summed E-state index contributed by atoms with van der Waals surface area (Å²) in [4.78, 5) is 40.4. The molecule has 2 aliphatic rings. The Hall–Kier alpha value is -4.05. The average molecular weight is 519 g/mol. The normalized spacial score (nSPS) is 17.0. The van der Waals surface area contributed by atoms with Gasteiger partial charge in [-0.2, -0.15) is 18.4 Å². The molecule has 2 aromatic carbocycles. The summed E-state index contributed by atoms with van der Waals surface area (Å²) in [5, 5.41) is 8.73. The Morgan fingerprint density at radius 3 is 2.47 bits per heavy atom. The first-order valence-electron chi connectivity index (χ1n) is 10.4. The fraction of sp³-hybridized carbons (Fsp3) is 0.261. The minimum Gasteiger partial charge on any atom is -0.368 e. The van der Waals surface area contributed by atoms with E-state index >= 15 is 4.39 Å². The molecule has 0 unspecified atom stereocenters. The molecule has 0 bridgehead atoms. The van der Waals surface area contributed by atoms with Crippen molar-refractivity contribution in [3.05, 3.63) is 58.4 Å². The van der Waals surface area contributed by atoms with Gasteiger partial charge in [0.1, 0.15) is 11.4 Å². The van der Waals surface area contributed by atoms with Gasteiger partial charge in [0.15, 0.2) is 5.11 Å². The highest BCUT2D eigenvalue weighted by molar-refractivity contribution is 7.81. The number of halogens is 4. The largest absolute Gasteiger partial charge is 0.417 e. The molecule has 1 saturated heterocycles. The number of rotatable bonds is 4. The zero-order chi connectivity index (χ0) is 26.7. The van der Waals surface area contributed by atoms with Crippen LogP contribution in [0.2, 0.25) is 0 Å². The van der Waals surface area contributed by atoms with Crippen molar-refractivity contribution in [2.75, 3.05) is 16.3 Å². The summed E-state index contributed by atoms with van der Waals surface area (Å²) in [7, 11) is 0. The zero-order valence-corrected chi connectivity index (χ0v) is 19.6. The summed E-state index contributed by atoms with van der Waals surface area (Å²) < 4.78 is 55.8. The molecule has 0 radical (unpaired) electrons. The van der Waals surface area contributed by atoms with E-state index in [1.807, 2.05) is 0 Å². The van der Waals surface area contributed by atoms with Gasteiger partial charge in [-0.25, -0.2) is 4.39 Å². The van der Waals surface area contributed by atoms with Gasteiger partial charge in [0.2, 0.25) is 5.91 Å². The molecule has 2 aromatic rings. The number of carbonyl (C=O) groups is 3. The van der Waals surface area contributed by atoms with Gasteiger partial charge in [0, 0.05) is 12.1 Å². The van der Waals surface area contributed by atoms with Gasteiger partial charge >= 0.3 is 6.18 Å². The quantitative estimate of drug-likeness (QED) is 0.491. The third kappa shape index (κ3) is 3.83. The molecule has 0 aliphatic carbocycles. The molecule has 4 rings (SSSR count). The van der Waals surface area contributed by atoms with E-state index in [4.69, 9.17) is 23.2 Å². The maximum atomic E-state index is 15.3. The van der Waals surface area contributed by atoms with Gasteiger partial charge < -0.3 is 15.5 Å². The Morgan fingerprint density at radius 1 is 1.22 bits per heavy atom. The van der Waals surface area contributed by atoms with Gasteiger partial charge in [-0.1, -0.05) is 0 Å². The molecule has 8 nitrogen and oxygen atoms in total. The van der Waals surface area contributed by atoms with Crippen molar-refractivity contribution in [2.24, 2.45) is 5.73 Å². The number of carbonyl (C=O) groups excluding carboxylic acids is 3. The molecule has 1 fully saturated rings. The minimum atomic E-state index is -4.87. The number of alkyl halides is 3. The lowest BCUT2D eigenvalue weighted by Crippen LogP contribution is -2.45. The van der Waals surface area contributed by atoms with Crippen LogP contribution in [0.25, 0.3) is 0 Å². The summed E-state index contributed by atoms with van der Waals surface area (Å²) in [6.45, 7) is 2.40. The highest BCUT2D eigenvalue weighted by Gasteiger charge is 2.52. The van der Waals surface area contributed by atoms with Gasteiger partial charge in [-0.3, -0.25) is 19.3 Å². The second-order valence-electron chi connectivity index (χ2n) is 8.75. The zero-order valence-electron chi connectivity index (χ0n) is 18.8. The summed E-state index contributed by atoms with van der Waals surface area (Å²) in [5.74, 6) is -2.89. The van der Waals surface area contributed by atoms with E-state index in [0.29, 0.717) is 11.6 Å². The van der Waals surface area contributed by atoms with Crippen LogP contribution >= 0.6 is 12.2 Å². The number of anilines is 2. The highest BCUT2D eigenvalue weighted by atomic mass is 32.1. The Kier molecular flexibility index (Phi) is 5.75. The summed E-state index contributed by atoms with van der Waals surface area (Å²) in [5.41, 5.74) is 1.61. The molecule has 0 spiro atoms. The average Bonchev–Trinajstić information content (AvgIpc) is 3.15. The fourth-order valence-electron chi connectivity index (χ4n) is 4.30. The standard InChI is InChI=1S/C23H17F4N5O3S/c1-22(2)20(35)31(13-4-3-11(8-28)15(6-13)23(25,26)27)21(36)32(22)17-7-14-12(5-16(17)24)9-30(19(14)34)10-18(29)33/h3-7H,9-10H2,1-2H3,(H2,29,33). The fourth-order valence-corrected chi connectivity index (χ4v) is 4.81. The lowest BCUT2D eigenvalue weighted by atomic mass is 10.0. The molecule has 13 heteroatoms. The van der Waals surface area contributed by atoms with Crippen LogP contribution < -0.4 is 15.5 Å². The number of nitriles is 1. The van der Waals surface area contributed by atoms with Crippen molar-refractivity contribution in [3.8, 4) is 6.07 Å². The molecule has 0 aromatic heterocycles. The first kappa shape index (κ1) is 25.1. The van der Waals surface area contributed by atoms with Gasteiger partial charge in [-0.05, 0) is 62.0 Å². The lowest BCUT2D eigenvalue weighted by Gasteiger charge is -2.30. The number of nitrogens with zero attached hydrogens (tertiary/aromatic N) is 4. The number of thiocarbonyl (C=S) groups is 1. The van der Waals surface area contributed by atoms with Crippen molar-refractivity contribution in [3.63, 3.8) is 0 Å². The number of hydrogen-bond donors (Lipinski definition) is 1. The molecular weight excluding hydrogens is 502 g/mol. The third-order valence-electron chi connectivity index (χ3n) is 5.99. The van der Waals surface area contributed by atoms with Crippen molar-refractivity contribution < 1.29 is 31.9 Å². The molecule has 36 heavy (non-hydrogen) atoms. The number of benzene rings is 2. The van der Waals surface area contributed by atoms with Crippen LogP contribution in [-0.2, 0) is 22.3 Å². The van der Waals surface area contributed by atoms with E-state index in [0.717, 1.165) is 32.9 Å². The molecule has 0 atom stereocenters. The van der Waals surface area contributed by atoms with Crippen LogP contribution in [0.1, 0.15) is 40.9 Å². The van der Waals surface area contributed by atoms with Crippen LogP contribution in [-0.4, -0.2) is 39.8 Å². The highest BCUT2D eigenvalue weighted by Crippen LogP contribution is 2.41. The first-order chi connectivity index (χ1) is 16.7. The predicted molar refractivity (Wildman–Crippen MR) is 123 cm³/mol. The van der Waals surface area contributed by atoms with Gasteiger partial charge in [0.05, 0.1) is 35.1 Å². The molecule has 0 saturated carbocycles. The van der Waals surface area contributed by atoms with Crippen LogP contribution in [0, 0.1) is 17.1 Å². The summed E-state index contributed by atoms with van der Waals surface area (Å²) in [6, 6.07) is 6.43. The van der Waals surface area contributed by atoms with E-state index in [1.165, 1.54) is 26.0 Å². The lowest BCUT2D eigenvalue weighted by molar-refractivity contribution is -0.137. The summed E-state index contributed by atoms with van der Waals surface area (Å²) in [6.07, 6.45) is -4.87. The molecular formula is C23H17F4N5O3S. The number of fused-ring (bicyclic) bond motifs is 1. The van der Waals surface area contributed by atoms with Crippen molar-refractivity contribution >= 4 is 46.4 Å². The first-order valence-corrected chi connectivity index (χ1v) is 10.8. The summed E-state index contributed by atoms with van der Waals surface area (Å²) >= 11 is 5.41. The van der Waals surface area contributed by atoms with Crippen molar-refractivity contribution in [1.29, 1.82) is 5.26 Å². The van der Waals surface area contributed by atoms with E-state index in [9.17, 15) is 27.6 Å². The Bertz CT molecular complexity index is 1400. The molecule has 3 amide bonds. The maximum absolute atomic E-state index is 15.3. The van der Waals surface area contributed by atoms with E-state index in [1.54, 1.807) is 0 Å². The van der Waals surface area contributed by atoms with E-state index in [2.05, 4.69) is 0 Å². The number of primary amides is 1. The Balaban J connectivity index is 1.79. The SMILES string of the molecule is CC1(C)C(=O)N(c2ccc(C#N)c(C(F)(F)F)c2)C(=S)N1c1cc2c(cc1F)CN(CC(N)=O)C2=O. The Labute approximate surface area is 207 Å². The molecule has 2 aliphatic heterocycles. The van der Waals surface area contributed by atoms with Crippen molar-refractivity contribution in [1.82, 2.24) is 4.90 Å². The monoisotopic (exact) mass is 519 g/mol. The van der Waals surface area contributed by atoms with Gasteiger partial charge in [-0.15, -0.1) is 0 Å². The van der Waals surface area contributed by atoms with Gasteiger partial charge in [0.25, 0.3) is 11.8 Å². The molecule has 2 N–H and O–H groups in total. The van der Waals surface area contributed by atoms with Crippen LogP contribution in [0.3, 0.4) is 0 Å². The topological polar surface area (TPSA) is 111 Å². The van der Waals surface area contributed by atoms with E-state index in [-0.39, 0.29) is 35.1 Å². The molecule has 186 valence electrons. The number of amides is 3. The Morgan fingerprint density at radius 2 is 1.89 bits per heavy atom. The minimum absolute atomic E-state index is 0.0430. The number of nitrogens with two attached hydrogens (primary N) is 1. The van der Waals surface area contributed by atoms with Crippen LogP contribution in [0.15, 0.2) is 30.3 Å². The number of hydrogen-bond acceptors (Lipinski definition) is 5. The maximum Gasteiger partial charge on any atom is 0.417 e. The third-order valence-corrected chi connectivity index (χ3v) is 6.36. The van der Waals surface area contributed by atoms with Crippen LogP contribution in [0.4, 0.5) is 28.9 Å². The second-order valence-corrected chi connectivity index (χ2v) is 9.11.